The molecule has 6 heteroatoms. The molecule has 0 radical (unpaired) electrons. The quantitative estimate of drug-likeness (QED) is 0.694. The van der Waals surface area contributed by atoms with E-state index < -0.39 is 11.4 Å². The molecular formula is C13H18ClN3O2. The zero-order valence-electron chi connectivity index (χ0n) is 11.4. The number of urea groups is 1. The van der Waals surface area contributed by atoms with Crippen LogP contribution in [0.4, 0.5) is 10.5 Å². The van der Waals surface area contributed by atoms with Crippen LogP contribution in [-0.2, 0) is 4.79 Å². The van der Waals surface area contributed by atoms with Gasteiger partial charge >= 0.3 is 6.03 Å². The molecule has 0 fully saturated rings. The number of anilines is 1. The smallest absolute Gasteiger partial charge is 0.307 e. The van der Waals surface area contributed by atoms with Crippen LogP contribution in [0, 0.1) is 12.3 Å². The largest absolute Gasteiger partial charge is 0.337 e. The zero-order chi connectivity index (χ0) is 14.6. The van der Waals surface area contributed by atoms with Crippen molar-refractivity contribution in [1.82, 2.24) is 10.9 Å². The Bertz CT molecular complexity index is 495. The van der Waals surface area contributed by atoms with E-state index in [0.717, 1.165) is 5.56 Å². The van der Waals surface area contributed by atoms with Crippen molar-refractivity contribution in [3.63, 3.8) is 0 Å². The Morgan fingerprint density at radius 1 is 1.16 bits per heavy atom. The Morgan fingerprint density at radius 2 is 1.79 bits per heavy atom. The van der Waals surface area contributed by atoms with Gasteiger partial charge in [0.15, 0.2) is 0 Å². The third kappa shape index (κ3) is 4.79. The molecular weight excluding hydrogens is 266 g/mol. The monoisotopic (exact) mass is 283 g/mol. The van der Waals surface area contributed by atoms with E-state index >= 15 is 0 Å². The van der Waals surface area contributed by atoms with Gasteiger partial charge < -0.3 is 5.32 Å². The molecule has 0 saturated heterocycles. The number of carbonyl (C=O) groups excluding carboxylic acids is 2. The summed E-state index contributed by atoms with van der Waals surface area (Å²) in [6.07, 6.45) is 0. The van der Waals surface area contributed by atoms with E-state index in [-0.39, 0.29) is 5.91 Å². The molecule has 0 bridgehead atoms. The van der Waals surface area contributed by atoms with Crippen molar-refractivity contribution in [1.29, 1.82) is 0 Å². The van der Waals surface area contributed by atoms with Crippen molar-refractivity contribution in [3.05, 3.63) is 28.8 Å². The van der Waals surface area contributed by atoms with Crippen LogP contribution in [0.5, 0.6) is 0 Å². The molecule has 0 spiro atoms. The fourth-order valence-corrected chi connectivity index (χ4v) is 1.31. The second-order valence-electron chi connectivity index (χ2n) is 5.25. The summed E-state index contributed by atoms with van der Waals surface area (Å²) in [6, 6.07) is 4.64. The van der Waals surface area contributed by atoms with Gasteiger partial charge in [-0.2, -0.15) is 0 Å². The van der Waals surface area contributed by atoms with E-state index in [1.54, 1.807) is 39.0 Å². The van der Waals surface area contributed by atoms with Gasteiger partial charge in [-0.1, -0.05) is 38.4 Å². The van der Waals surface area contributed by atoms with Crippen molar-refractivity contribution in [2.45, 2.75) is 27.7 Å². The molecule has 0 aromatic heterocycles. The van der Waals surface area contributed by atoms with Gasteiger partial charge in [0, 0.05) is 16.1 Å². The highest BCUT2D eigenvalue weighted by Gasteiger charge is 2.21. The van der Waals surface area contributed by atoms with E-state index in [2.05, 4.69) is 16.2 Å². The van der Waals surface area contributed by atoms with E-state index in [1.807, 2.05) is 6.92 Å². The predicted molar refractivity (Wildman–Crippen MR) is 75.9 cm³/mol. The lowest BCUT2D eigenvalue weighted by molar-refractivity contribution is -0.129. The maximum atomic E-state index is 11.6. The van der Waals surface area contributed by atoms with Gasteiger partial charge in [0.05, 0.1) is 0 Å². The highest BCUT2D eigenvalue weighted by atomic mass is 35.5. The highest BCUT2D eigenvalue weighted by molar-refractivity contribution is 6.31. The Balaban J connectivity index is 2.52. The number of hydrogen-bond donors (Lipinski definition) is 3. The number of amides is 3. The first-order chi connectivity index (χ1) is 8.70. The topological polar surface area (TPSA) is 70.2 Å². The number of aryl methyl sites for hydroxylation is 1. The molecule has 0 unspecified atom stereocenters. The number of hydrazine groups is 1. The number of hydrogen-bond acceptors (Lipinski definition) is 2. The summed E-state index contributed by atoms with van der Waals surface area (Å²) in [5.41, 5.74) is 5.52. The highest BCUT2D eigenvalue weighted by Crippen LogP contribution is 2.19. The van der Waals surface area contributed by atoms with Crippen LogP contribution in [0.25, 0.3) is 0 Å². The van der Waals surface area contributed by atoms with Gasteiger partial charge in [-0.25, -0.2) is 10.2 Å². The van der Waals surface area contributed by atoms with Crippen LogP contribution in [0.15, 0.2) is 18.2 Å². The molecule has 0 atom stereocenters. The van der Waals surface area contributed by atoms with Crippen molar-refractivity contribution in [2.75, 3.05) is 5.32 Å². The van der Waals surface area contributed by atoms with Gasteiger partial charge in [-0.15, -0.1) is 0 Å². The summed E-state index contributed by atoms with van der Waals surface area (Å²) in [4.78, 5) is 23.1. The predicted octanol–water partition coefficient (Wildman–Crippen LogP) is 2.85. The molecule has 0 aliphatic heterocycles. The molecule has 104 valence electrons. The Kier molecular flexibility index (Phi) is 4.78. The third-order valence-corrected chi connectivity index (χ3v) is 2.81. The lowest BCUT2D eigenvalue weighted by atomic mass is 9.96. The molecule has 0 heterocycles. The first-order valence-electron chi connectivity index (χ1n) is 5.84. The minimum absolute atomic E-state index is 0.274. The molecule has 0 aliphatic rings. The van der Waals surface area contributed by atoms with Crippen LogP contribution < -0.4 is 16.2 Å². The summed E-state index contributed by atoms with van der Waals surface area (Å²) in [5.74, 6) is -0.274. The second-order valence-corrected chi connectivity index (χ2v) is 5.65. The number of rotatable bonds is 1. The Morgan fingerprint density at radius 3 is 2.32 bits per heavy atom. The number of halogens is 1. The molecule has 3 amide bonds. The van der Waals surface area contributed by atoms with E-state index in [4.69, 9.17) is 11.6 Å². The molecule has 1 aromatic rings. The molecule has 5 nitrogen and oxygen atoms in total. The molecule has 0 saturated carbocycles. The lowest BCUT2D eigenvalue weighted by Crippen LogP contribution is -2.48. The summed E-state index contributed by atoms with van der Waals surface area (Å²) in [5, 5.41) is 3.13. The van der Waals surface area contributed by atoms with Gasteiger partial charge in [0.25, 0.3) is 0 Å². The normalized spacial score (nSPS) is 10.8. The standard InChI is InChI=1S/C13H18ClN3O2/c1-8-5-6-9(7-10(8)14)15-12(19)17-16-11(18)13(2,3)4/h5-7H,1-4H3,(H,16,18)(H2,15,17,19). The first kappa shape index (κ1) is 15.3. The van der Waals surface area contributed by atoms with Crippen LogP contribution in [-0.4, -0.2) is 11.9 Å². The minimum Gasteiger partial charge on any atom is -0.307 e. The molecule has 1 rings (SSSR count). The van der Waals surface area contributed by atoms with Crippen LogP contribution in [0.1, 0.15) is 26.3 Å². The second kappa shape index (κ2) is 5.93. The van der Waals surface area contributed by atoms with E-state index in [1.165, 1.54) is 0 Å². The first-order valence-corrected chi connectivity index (χ1v) is 6.21. The number of benzene rings is 1. The van der Waals surface area contributed by atoms with Crippen LogP contribution in [0.2, 0.25) is 5.02 Å². The number of nitrogens with one attached hydrogen (secondary N) is 3. The van der Waals surface area contributed by atoms with E-state index in [0.29, 0.717) is 10.7 Å². The lowest BCUT2D eigenvalue weighted by Gasteiger charge is -2.18. The van der Waals surface area contributed by atoms with Crippen LogP contribution in [0.3, 0.4) is 0 Å². The minimum atomic E-state index is -0.569. The Hall–Kier alpha value is -1.75. The fraction of sp³-hybridized carbons (Fsp3) is 0.385. The summed E-state index contributed by atoms with van der Waals surface area (Å²) in [6.45, 7) is 7.13. The number of carbonyl (C=O) groups is 2. The van der Waals surface area contributed by atoms with E-state index in [9.17, 15) is 9.59 Å². The van der Waals surface area contributed by atoms with Gasteiger partial charge in [0.1, 0.15) is 0 Å². The fourth-order valence-electron chi connectivity index (χ4n) is 1.13. The molecule has 3 N–H and O–H groups in total. The van der Waals surface area contributed by atoms with Gasteiger partial charge in [0.2, 0.25) is 5.91 Å². The van der Waals surface area contributed by atoms with Crippen molar-refractivity contribution in [2.24, 2.45) is 5.41 Å². The van der Waals surface area contributed by atoms with Crippen molar-refractivity contribution < 1.29 is 9.59 Å². The van der Waals surface area contributed by atoms with Crippen molar-refractivity contribution >= 4 is 29.2 Å². The maximum Gasteiger partial charge on any atom is 0.337 e. The van der Waals surface area contributed by atoms with Crippen molar-refractivity contribution in [3.8, 4) is 0 Å². The SMILES string of the molecule is Cc1ccc(NC(=O)NNC(=O)C(C)(C)C)cc1Cl. The molecule has 19 heavy (non-hydrogen) atoms. The molecule has 0 aliphatic carbocycles. The molecule has 1 aromatic carbocycles. The summed E-state index contributed by atoms with van der Waals surface area (Å²) < 4.78 is 0. The third-order valence-electron chi connectivity index (χ3n) is 2.40. The van der Waals surface area contributed by atoms with Gasteiger partial charge in [-0.05, 0) is 24.6 Å². The zero-order valence-corrected chi connectivity index (χ0v) is 12.2. The summed E-state index contributed by atoms with van der Waals surface area (Å²) in [7, 11) is 0. The van der Waals surface area contributed by atoms with Crippen LogP contribution >= 0.6 is 11.6 Å². The Labute approximate surface area is 117 Å². The average Bonchev–Trinajstić information content (AvgIpc) is 2.29. The average molecular weight is 284 g/mol. The maximum absolute atomic E-state index is 11.6. The summed E-state index contributed by atoms with van der Waals surface area (Å²) >= 11 is 5.94. The van der Waals surface area contributed by atoms with Gasteiger partial charge in [-0.3, -0.25) is 10.2 Å².